The van der Waals surface area contributed by atoms with E-state index in [4.69, 9.17) is 11.6 Å². The van der Waals surface area contributed by atoms with E-state index in [0.29, 0.717) is 17.4 Å². The van der Waals surface area contributed by atoms with Gasteiger partial charge >= 0.3 is 0 Å². The van der Waals surface area contributed by atoms with Crippen molar-refractivity contribution in [3.8, 4) is 0 Å². The zero-order valence-electron chi connectivity index (χ0n) is 8.54. The van der Waals surface area contributed by atoms with Gasteiger partial charge in [-0.1, -0.05) is 25.4 Å². The van der Waals surface area contributed by atoms with E-state index in [9.17, 15) is 4.79 Å². The lowest BCUT2D eigenvalue weighted by atomic mass is 10.2. The number of halogens is 1. The van der Waals surface area contributed by atoms with Gasteiger partial charge in [0.2, 0.25) is 0 Å². The molecule has 2 aliphatic rings. The third-order valence-electron chi connectivity index (χ3n) is 1.86. The summed E-state index contributed by atoms with van der Waals surface area (Å²) in [5, 5.41) is 0.573. The maximum atomic E-state index is 10.9. The summed E-state index contributed by atoms with van der Waals surface area (Å²) in [6.07, 6.45) is 3.70. The van der Waals surface area contributed by atoms with Crippen LogP contribution in [0.1, 0.15) is 20.8 Å². The van der Waals surface area contributed by atoms with Gasteiger partial charge in [0.15, 0.2) is 5.84 Å². The number of fused-ring (bicyclic) bond motifs is 1. The molecule has 0 aromatic heterocycles. The van der Waals surface area contributed by atoms with Gasteiger partial charge < -0.3 is 4.90 Å². The molecule has 76 valence electrons. The number of hydrogen-bond acceptors (Lipinski definition) is 2. The molecule has 0 aromatic carbocycles. The first-order valence-corrected chi connectivity index (χ1v) is 4.99. The maximum Gasteiger partial charge on any atom is 0.267 e. The van der Waals surface area contributed by atoms with Crippen LogP contribution in [0.2, 0.25) is 0 Å². The van der Waals surface area contributed by atoms with E-state index in [1.807, 2.05) is 33.0 Å². The van der Waals surface area contributed by atoms with Crippen molar-refractivity contribution in [3.63, 3.8) is 0 Å². The molecule has 0 radical (unpaired) electrons. The normalized spacial score (nSPS) is 19.0. The van der Waals surface area contributed by atoms with Gasteiger partial charge in [0.05, 0.1) is 5.03 Å². The molecule has 4 heteroatoms. The second-order valence-corrected chi connectivity index (χ2v) is 3.15. The minimum Gasteiger partial charge on any atom is -0.322 e. The molecule has 14 heavy (non-hydrogen) atoms. The highest BCUT2D eigenvalue weighted by Crippen LogP contribution is 2.23. The first kappa shape index (κ1) is 11.0. The van der Waals surface area contributed by atoms with Crippen molar-refractivity contribution in [2.45, 2.75) is 20.8 Å². The molecule has 0 saturated carbocycles. The van der Waals surface area contributed by atoms with E-state index >= 15 is 0 Å². The minimum absolute atomic E-state index is 0.137. The van der Waals surface area contributed by atoms with Gasteiger partial charge in [0.1, 0.15) is 6.54 Å². The highest BCUT2D eigenvalue weighted by atomic mass is 35.5. The smallest absolute Gasteiger partial charge is 0.267 e. The Kier molecular flexibility index (Phi) is 3.47. The topological polar surface area (TPSA) is 32.7 Å². The van der Waals surface area contributed by atoms with E-state index in [0.717, 1.165) is 5.57 Å². The van der Waals surface area contributed by atoms with Crippen molar-refractivity contribution in [3.05, 3.63) is 22.9 Å². The fraction of sp³-hybridized carbons (Fsp3) is 0.400. The molecule has 0 spiro atoms. The van der Waals surface area contributed by atoms with Crippen LogP contribution < -0.4 is 0 Å². The van der Waals surface area contributed by atoms with Crippen LogP contribution in [0, 0.1) is 0 Å². The van der Waals surface area contributed by atoms with Crippen LogP contribution in [0.5, 0.6) is 0 Å². The Labute approximate surface area is 88.8 Å². The second kappa shape index (κ2) is 4.42. The van der Waals surface area contributed by atoms with Crippen molar-refractivity contribution in [2.24, 2.45) is 4.99 Å². The van der Waals surface area contributed by atoms with Gasteiger partial charge in [0.25, 0.3) is 5.91 Å². The summed E-state index contributed by atoms with van der Waals surface area (Å²) >= 11 is 5.94. The number of nitrogens with zero attached hydrogens (tertiary/aromatic N) is 2. The fourth-order valence-corrected chi connectivity index (χ4v) is 1.40. The molecule has 0 fully saturated rings. The van der Waals surface area contributed by atoms with Crippen molar-refractivity contribution < 1.29 is 4.79 Å². The van der Waals surface area contributed by atoms with Crippen LogP contribution in [0.15, 0.2) is 27.9 Å². The van der Waals surface area contributed by atoms with Crippen molar-refractivity contribution in [2.75, 3.05) is 6.54 Å². The van der Waals surface area contributed by atoms with Gasteiger partial charge in [-0.05, 0) is 18.6 Å². The summed E-state index contributed by atoms with van der Waals surface area (Å²) in [6, 6.07) is 0. The molecule has 0 bridgehead atoms. The highest BCUT2D eigenvalue weighted by molar-refractivity contribution is 6.45. The van der Waals surface area contributed by atoms with Crippen LogP contribution in [0.4, 0.5) is 0 Å². The van der Waals surface area contributed by atoms with Crippen LogP contribution in [0.3, 0.4) is 0 Å². The number of carbonyl (C=O) groups excluding carboxylic acids is 1. The van der Waals surface area contributed by atoms with Crippen LogP contribution >= 0.6 is 11.6 Å². The Bertz CT molecular complexity index is 342. The largest absolute Gasteiger partial charge is 0.322 e. The second-order valence-electron chi connectivity index (χ2n) is 2.77. The third kappa shape index (κ3) is 1.87. The van der Waals surface area contributed by atoms with Gasteiger partial charge in [-0.25, -0.2) is 0 Å². The predicted molar refractivity (Wildman–Crippen MR) is 58.2 cm³/mol. The summed E-state index contributed by atoms with van der Waals surface area (Å²) in [7, 11) is 0. The van der Waals surface area contributed by atoms with Gasteiger partial charge in [0, 0.05) is 6.20 Å². The summed E-state index contributed by atoms with van der Waals surface area (Å²) in [5.74, 6) is 0.448. The molecule has 0 atom stereocenters. The molecule has 2 heterocycles. The van der Waals surface area contributed by atoms with E-state index in [1.54, 1.807) is 4.90 Å². The zero-order valence-corrected chi connectivity index (χ0v) is 9.30. The summed E-state index contributed by atoms with van der Waals surface area (Å²) in [4.78, 5) is 16.5. The lowest BCUT2D eigenvalue weighted by Crippen LogP contribution is -2.25. The average molecular weight is 213 g/mol. The SMILES string of the molecule is CC.CC1=C(Cl)C2=NC(=O)CN2C=C1. The van der Waals surface area contributed by atoms with Gasteiger partial charge in [-0.2, -0.15) is 4.99 Å². The Morgan fingerprint density at radius 2 is 2.14 bits per heavy atom. The summed E-state index contributed by atoms with van der Waals surface area (Å²) in [6.45, 7) is 6.21. The van der Waals surface area contributed by atoms with Crippen molar-refractivity contribution >= 4 is 23.3 Å². The number of carbonyl (C=O) groups is 1. The Morgan fingerprint density at radius 1 is 1.50 bits per heavy atom. The number of aliphatic imine (C=N–C) groups is 1. The van der Waals surface area contributed by atoms with E-state index in [1.165, 1.54) is 0 Å². The molecular weight excluding hydrogens is 200 g/mol. The fourth-order valence-electron chi connectivity index (χ4n) is 1.19. The molecular formula is C10H13ClN2O. The van der Waals surface area contributed by atoms with Gasteiger partial charge in [-0.3, -0.25) is 4.79 Å². The Morgan fingerprint density at radius 3 is 2.79 bits per heavy atom. The first-order chi connectivity index (χ1) is 6.68. The van der Waals surface area contributed by atoms with Crippen molar-refractivity contribution in [1.29, 1.82) is 0 Å². The zero-order chi connectivity index (χ0) is 10.7. The monoisotopic (exact) mass is 212 g/mol. The lowest BCUT2D eigenvalue weighted by Gasteiger charge is -2.18. The van der Waals surface area contributed by atoms with Crippen LogP contribution in [-0.2, 0) is 4.79 Å². The molecule has 0 unspecified atom stereocenters. The Balaban J connectivity index is 0.000000461. The number of amides is 1. The number of allylic oxidation sites excluding steroid dienone is 2. The predicted octanol–water partition coefficient (Wildman–Crippen LogP) is 2.29. The average Bonchev–Trinajstić information content (AvgIpc) is 2.57. The molecule has 0 aliphatic carbocycles. The standard InChI is InChI=1S/C8H7ClN2O.C2H6/c1-5-2-3-11-4-6(12)10-8(11)7(5)9;1-2/h2-3H,4H2,1H3;1-2H3. The summed E-state index contributed by atoms with van der Waals surface area (Å²) < 4.78 is 0. The number of hydrogen-bond donors (Lipinski definition) is 0. The maximum absolute atomic E-state index is 10.9. The van der Waals surface area contributed by atoms with Crippen LogP contribution in [0.25, 0.3) is 0 Å². The minimum atomic E-state index is -0.137. The summed E-state index contributed by atoms with van der Waals surface area (Å²) in [5.41, 5.74) is 0.946. The third-order valence-corrected chi connectivity index (χ3v) is 2.32. The van der Waals surface area contributed by atoms with E-state index in [2.05, 4.69) is 4.99 Å². The quantitative estimate of drug-likeness (QED) is 0.617. The lowest BCUT2D eigenvalue weighted by molar-refractivity contribution is -0.116. The van der Waals surface area contributed by atoms with E-state index < -0.39 is 0 Å². The number of amidine groups is 1. The molecule has 1 amide bonds. The molecule has 0 aromatic rings. The molecule has 0 saturated heterocycles. The van der Waals surface area contributed by atoms with Crippen LogP contribution in [-0.4, -0.2) is 23.2 Å². The number of rotatable bonds is 0. The highest BCUT2D eigenvalue weighted by Gasteiger charge is 2.26. The van der Waals surface area contributed by atoms with E-state index in [-0.39, 0.29) is 5.91 Å². The molecule has 3 nitrogen and oxygen atoms in total. The molecule has 2 rings (SSSR count). The van der Waals surface area contributed by atoms with Gasteiger partial charge in [-0.15, -0.1) is 0 Å². The molecule has 0 N–H and O–H groups in total. The van der Waals surface area contributed by atoms with Crippen molar-refractivity contribution in [1.82, 2.24) is 4.90 Å². The molecule has 2 aliphatic heterocycles. The first-order valence-electron chi connectivity index (χ1n) is 4.61. The Hall–Kier alpha value is -1.09.